The van der Waals surface area contributed by atoms with Gasteiger partial charge < -0.3 is 19.1 Å². The van der Waals surface area contributed by atoms with E-state index in [2.05, 4.69) is 32.6 Å². The highest BCUT2D eigenvalue weighted by Crippen LogP contribution is 2.21. The average molecular weight is 767 g/mol. The summed E-state index contributed by atoms with van der Waals surface area (Å²) in [6.07, 6.45) is 31.3. The average Bonchev–Trinajstić information content (AvgIpc) is 3.15. The first kappa shape index (κ1) is 52.3. The molecule has 2 unspecified atom stereocenters. The number of carbonyl (C=O) groups excluding carboxylic acids is 3. The third kappa shape index (κ3) is 36.0. The third-order valence-corrected chi connectivity index (χ3v) is 10.7. The van der Waals surface area contributed by atoms with Crippen molar-refractivity contribution in [3.8, 4) is 0 Å². The van der Waals surface area contributed by atoms with E-state index in [-0.39, 0.29) is 37.4 Å². The second-order valence-electron chi connectivity index (χ2n) is 16.4. The van der Waals surface area contributed by atoms with Crippen molar-refractivity contribution in [1.82, 2.24) is 9.80 Å². The van der Waals surface area contributed by atoms with Crippen LogP contribution in [0.25, 0.3) is 0 Å². The lowest BCUT2D eigenvalue weighted by Crippen LogP contribution is -2.33. The van der Waals surface area contributed by atoms with Gasteiger partial charge in [-0.3, -0.25) is 19.3 Å². The van der Waals surface area contributed by atoms with Gasteiger partial charge in [0.05, 0.1) is 26.1 Å². The molecule has 0 saturated heterocycles. The molecule has 0 heterocycles. The van der Waals surface area contributed by atoms with Gasteiger partial charge in [0.15, 0.2) is 0 Å². The van der Waals surface area contributed by atoms with Gasteiger partial charge in [0.25, 0.3) is 0 Å². The summed E-state index contributed by atoms with van der Waals surface area (Å²) in [7, 11) is 3.98. The molecular weight excluding hydrogens is 677 g/mol. The predicted octanol–water partition coefficient (Wildman–Crippen LogP) is 11.7. The molecule has 54 heavy (non-hydrogen) atoms. The fraction of sp³-hybridized carbons (Fsp3) is 0.935. The molecule has 0 aromatic heterocycles. The summed E-state index contributed by atoms with van der Waals surface area (Å²) in [6, 6.07) is 0. The predicted molar refractivity (Wildman–Crippen MR) is 227 cm³/mol. The van der Waals surface area contributed by atoms with Crippen LogP contribution in [0.15, 0.2) is 0 Å². The summed E-state index contributed by atoms with van der Waals surface area (Å²) in [4.78, 5) is 42.4. The SMILES string of the molecule is CCCCCCCCC(CCCCCC)COC(=O)CCN(CCOC(=O)CCCN(C)C)CCC(=O)OCC(CCCCCC)CCCCCCCC. The van der Waals surface area contributed by atoms with Crippen molar-refractivity contribution in [1.29, 1.82) is 0 Å². The molecule has 0 N–H and O–H groups in total. The molecule has 0 saturated carbocycles. The molecule has 0 aliphatic heterocycles. The van der Waals surface area contributed by atoms with Crippen LogP contribution in [0.3, 0.4) is 0 Å². The van der Waals surface area contributed by atoms with Crippen LogP contribution >= 0.6 is 0 Å². The topological polar surface area (TPSA) is 85.4 Å². The maximum absolute atomic E-state index is 13.0. The molecule has 0 fully saturated rings. The Bertz CT molecular complexity index is 801. The highest BCUT2D eigenvalue weighted by molar-refractivity contribution is 5.70. The largest absolute Gasteiger partial charge is 0.465 e. The summed E-state index contributed by atoms with van der Waals surface area (Å²) in [6.45, 7) is 12.4. The zero-order chi connectivity index (χ0) is 39.9. The van der Waals surface area contributed by atoms with Gasteiger partial charge in [0.1, 0.15) is 6.61 Å². The standard InChI is InChI=1S/C46H90N2O6/c1-7-11-15-19-21-25-30-42(28-23-17-13-9-3)40-53-45(50)33-36-48(38-39-52-44(49)32-27-35-47(5)6)37-34-46(51)54-41-43(29-24-18-14-10-4)31-26-22-20-16-12-8-2/h42-43H,7-41H2,1-6H3. The molecule has 0 aliphatic rings. The van der Waals surface area contributed by atoms with Gasteiger partial charge in [-0.25, -0.2) is 0 Å². The van der Waals surface area contributed by atoms with Crippen LogP contribution < -0.4 is 0 Å². The first-order valence-corrected chi connectivity index (χ1v) is 23.1. The van der Waals surface area contributed by atoms with E-state index in [1.54, 1.807) is 0 Å². The maximum Gasteiger partial charge on any atom is 0.307 e. The van der Waals surface area contributed by atoms with Gasteiger partial charge in [-0.15, -0.1) is 0 Å². The Kier molecular flexibility index (Phi) is 38.3. The van der Waals surface area contributed by atoms with Crippen LogP contribution in [0.4, 0.5) is 0 Å². The van der Waals surface area contributed by atoms with Gasteiger partial charge in [-0.1, -0.05) is 156 Å². The minimum atomic E-state index is -0.207. The van der Waals surface area contributed by atoms with Crippen LogP contribution in [0.2, 0.25) is 0 Å². The molecule has 0 radical (unpaired) electrons. The molecule has 0 rings (SSSR count). The highest BCUT2D eigenvalue weighted by Gasteiger charge is 2.17. The summed E-state index contributed by atoms with van der Waals surface area (Å²) in [5.41, 5.74) is 0. The minimum absolute atomic E-state index is 0.189. The molecule has 8 nitrogen and oxygen atoms in total. The van der Waals surface area contributed by atoms with E-state index >= 15 is 0 Å². The van der Waals surface area contributed by atoms with Crippen molar-refractivity contribution < 1.29 is 28.6 Å². The highest BCUT2D eigenvalue weighted by atomic mass is 16.5. The van der Waals surface area contributed by atoms with E-state index in [9.17, 15) is 14.4 Å². The Balaban J connectivity index is 5.09. The lowest BCUT2D eigenvalue weighted by molar-refractivity contribution is -0.148. The van der Waals surface area contributed by atoms with Crippen LogP contribution in [0.5, 0.6) is 0 Å². The number of rotatable bonds is 41. The molecule has 0 bridgehead atoms. The molecule has 2 atom stereocenters. The van der Waals surface area contributed by atoms with Crippen molar-refractivity contribution in [2.45, 2.75) is 207 Å². The molecule has 0 aromatic rings. The number of unbranched alkanes of at least 4 members (excludes halogenated alkanes) is 16. The van der Waals surface area contributed by atoms with E-state index in [0.29, 0.717) is 51.1 Å². The lowest BCUT2D eigenvalue weighted by atomic mass is 9.95. The number of carbonyl (C=O) groups is 3. The van der Waals surface area contributed by atoms with Gasteiger partial charge >= 0.3 is 17.9 Å². The van der Waals surface area contributed by atoms with Gasteiger partial charge in [-0.05, 0) is 64.6 Å². The molecule has 8 heteroatoms. The Labute approximate surface area is 335 Å². The van der Waals surface area contributed by atoms with Crippen LogP contribution in [0.1, 0.15) is 207 Å². The minimum Gasteiger partial charge on any atom is -0.465 e. The normalized spacial score (nSPS) is 12.7. The number of nitrogens with zero attached hydrogens (tertiary/aromatic N) is 2. The summed E-state index contributed by atoms with van der Waals surface area (Å²) in [5.74, 6) is 0.259. The Morgan fingerprint density at radius 2 is 0.759 bits per heavy atom. The summed E-state index contributed by atoms with van der Waals surface area (Å²) >= 11 is 0. The van der Waals surface area contributed by atoms with Crippen molar-refractivity contribution in [3.05, 3.63) is 0 Å². The molecule has 320 valence electrons. The quantitative estimate of drug-likeness (QED) is 0.0345. The summed E-state index contributed by atoms with van der Waals surface area (Å²) in [5, 5.41) is 0. The van der Waals surface area contributed by atoms with E-state index in [1.165, 1.54) is 128 Å². The Hall–Kier alpha value is -1.67. The van der Waals surface area contributed by atoms with Crippen LogP contribution in [-0.4, -0.2) is 87.8 Å². The van der Waals surface area contributed by atoms with E-state index < -0.39 is 0 Å². The zero-order valence-corrected chi connectivity index (χ0v) is 36.7. The number of esters is 3. The second-order valence-corrected chi connectivity index (χ2v) is 16.4. The van der Waals surface area contributed by atoms with E-state index in [1.807, 2.05) is 19.0 Å². The van der Waals surface area contributed by atoms with Crippen molar-refractivity contribution in [3.63, 3.8) is 0 Å². The van der Waals surface area contributed by atoms with Crippen molar-refractivity contribution in [2.75, 3.05) is 60.1 Å². The molecule has 0 aromatic carbocycles. The van der Waals surface area contributed by atoms with Crippen molar-refractivity contribution in [2.24, 2.45) is 11.8 Å². The summed E-state index contributed by atoms with van der Waals surface area (Å²) < 4.78 is 17.3. The van der Waals surface area contributed by atoms with Gasteiger partial charge in [0, 0.05) is 26.1 Å². The number of hydrogen-bond acceptors (Lipinski definition) is 8. The van der Waals surface area contributed by atoms with E-state index in [4.69, 9.17) is 14.2 Å². The zero-order valence-electron chi connectivity index (χ0n) is 36.7. The Morgan fingerprint density at radius 3 is 1.15 bits per heavy atom. The molecule has 0 spiro atoms. The smallest absolute Gasteiger partial charge is 0.307 e. The monoisotopic (exact) mass is 767 g/mol. The van der Waals surface area contributed by atoms with E-state index in [0.717, 1.165) is 38.6 Å². The van der Waals surface area contributed by atoms with Crippen LogP contribution in [-0.2, 0) is 28.6 Å². The van der Waals surface area contributed by atoms with Crippen LogP contribution in [0, 0.1) is 11.8 Å². The third-order valence-electron chi connectivity index (χ3n) is 10.7. The maximum atomic E-state index is 13.0. The van der Waals surface area contributed by atoms with Gasteiger partial charge in [0.2, 0.25) is 0 Å². The Morgan fingerprint density at radius 1 is 0.407 bits per heavy atom. The van der Waals surface area contributed by atoms with Gasteiger partial charge in [-0.2, -0.15) is 0 Å². The lowest BCUT2D eigenvalue weighted by Gasteiger charge is -2.22. The number of hydrogen-bond donors (Lipinski definition) is 0. The first-order chi connectivity index (χ1) is 26.2. The fourth-order valence-corrected chi connectivity index (χ4v) is 7.07. The molecular formula is C46H90N2O6. The van der Waals surface area contributed by atoms with Crippen molar-refractivity contribution >= 4 is 17.9 Å². The number of ether oxygens (including phenoxy) is 3. The first-order valence-electron chi connectivity index (χ1n) is 23.1. The second kappa shape index (κ2) is 39.6. The molecule has 0 aliphatic carbocycles. The fourth-order valence-electron chi connectivity index (χ4n) is 7.07. The molecule has 0 amide bonds.